The second kappa shape index (κ2) is 8.32. The molecule has 2 aliphatic rings. The Morgan fingerprint density at radius 1 is 0.472 bits per heavy atom. The van der Waals surface area contributed by atoms with E-state index >= 15 is 0 Å². The first-order chi connectivity index (χ1) is 17.8. The van der Waals surface area contributed by atoms with Gasteiger partial charge in [-0.25, -0.2) is 9.97 Å². The SMILES string of the molecule is C1=Cc2cc3cc(-c4ccccc4-c4ccncc4)c(cc4nc(cc5ccc(cc1n2)[nH]5)C=C4)[nH]3. The third-order valence-electron chi connectivity index (χ3n) is 6.38. The van der Waals surface area contributed by atoms with Gasteiger partial charge in [0.1, 0.15) is 0 Å². The van der Waals surface area contributed by atoms with Crippen molar-refractivity contribution in [3.8, 4) is 22.3 Å². The van der Waals surface area contributed by atoms with Crippen LogP contribution in [0.4, 0.5) is 0 Å². The summed E-state index contributed by atoms with van der Waals surface area (Å²) >= 11 is 0. The van der Waals surface area contributed by atoms with Crippen molar-refractivity contribution in [1.82, 2.24) is 24.9 Å². The van der Waals surface area contributed by atoms with Crippen LogP contribution in [0.3, 0.4) is 0 Å². The Labute approximate surface area is 207 Å². The molecule has 0 spiro atoms. The van der Waals surface area contributed by atoms with Crippen molar-refractivity contribution in [1.29, 1.82) is 0 Å². The first-order valence-corrected chi connectivity index (χ1v) is 11.9. The van der Waals surface area contributed by atoms with Crippen LogP contribution in [0.2, 0.25) is 0 Å². The van der Waals surface area contributed by atoms with Gasteiger partial charge in [0, 0.05) is 40.0 Å². The number of rotatable bonds is 2. The molecule has 0 saturated carbocycles. The molecule has 0 atom stereocenters. The molecule has 0 amide bonds. The van der Waals surface area contributed by atoms with E-state index < -0.39 is 0 Å². The summed E-state index contributed by atoms with van der Waals surface area (Å²) in [6.45, 7) is 0. The summed E-state index contributed by atoms with van der Waals surface area (Å²) in [4.78, 5) is 20.9. The van der Waals surface area contributed by atoms with E-state index in [1.807, 2.05) is 48.8 Å². The number of H-pyrrole nitrogens is 2. The van der Waals surface area contributed by atoms with Crippen molar-refractivity contribution in [2.45, 2.75) is 0 Å². The maximum atomic E-state index is 4.84. The highest BCUT2D eigenvalue weighted by Crippen LogP contribution is 2.35. The van der Waals surface area contributed by atoms with E-state index in [2.05, 4.69) is 81.7 Å². The minimum atomic E-state index is 0.899. The molecule has 2 N–H and O–H groups in total. The van der Waals surface area contributed by atoms with Crippen molar-refractivity contribution in [2.75, 3.05) is 0 Å². The molecule has 5 aromatic rings. The van der Waals surface area contributed by atoms with E-state index in [0.29, 0.717) is 0 Å². The highest BCUT2D eigenvalue weighted by atomic mass is 14.8. The summed E-state index contributed by atoms with van der Waals surface area (Å²) in [6, 6.07) is 27.1. The van der Waals surface area contributed by atoms with Crippen LogP contribution in [0.5, 0.6) is 0 Å². The number of nitrogens with zero attached hydrogens (tertiary/aromatic N) is 3. The van der Waals surface area contributed by atoms with Gasteiger partial charge in [0.05, 0.1) is 22.8 Å². The number of hydrogen-bond acceptors (Lipinski definition) is 3. The van der Waals surface area contributed by atoms with Gasteiger partial charge in [0.2, 0.25) is 0 Å². The zero-order valence-electron chi connectivity index (χ0n) is 19.3. The van der Waals surface area contributed by atoms with Crippen molar-refractivity contribution < 1.29 is 0 Å². The van der Waals surface area contributed by atoms with Crippen LogP contribution < -0.4 is 0 Å². The highest BCUT2D eigenvalue weighted by Gasteiger charge is 2.12. The Morgan fingerprint density at radius 2 is 1.06 bits per heavy atom. The van der Waals surface area contributed by atoms with Crippen LogP contribution >= 0.6 is 0 Å². The largest absolute Gasteiger partial charge is 0.355 e. The van der Waals surface area contributed by atoms with E-state index in [0.717, 1.165) is 67.1 Å². The monoisotopic (exact) mass is 463 g/mol. The number of nitrogens with one attached hydrogen (secondary N) is 2. The average molecular weight is 464 g/mol. The highest BCUT2D eigenvalue weighted by molar-refractivity contribution is 5.94. The zero-order valence-corrected chi connectivity index (χ0v) is 19.3. The molecule has 8 bridgehead atoms. The number of benzene rings is 1. The summed E-state index contributed by atoms with van der Waals surface area (Å²) in [5, 5.41) is 0. The van der Waals surface area contributed by atoms with Crippen molar-refractivity contribution >= 4 is 46.4 Å². The number of fused-ring (bicyclic) bond motifs is 8. The predicted molar refractivity (Wildman–Crippen MR) is 148 cm³/mol. The molecule has 0 saturated heterocycles. The number of aromatic nitrogens is 5. The van der Waals surface area contributed by atoms with Crippen LogP contribution in [0.15, 0.2) is 91.3 Å². The van der Waals surface area contributed by atoms with Gasteiger partial charge in [-0.2, -0.15) is 0 Å². The predicted octanol–water partition coefficient (Wildman–Crippen LogP) is 7.38. The molecule has 0 fully saturated rings. The minimum Gasteiger partial charge on any atom is -0.355 e. The van der Waals surface area contributed by atoms with Gasteiger partial charge in [-0.1, -0.05) is 24.3 Å². The lowest BCUT2D eigenvalue weighted by molar-refractivity contribution is 1.31. The molecule has 0 unspecified atom stereocenters. The molecule has 1 aromatic carbocycles. The summed E-state index contributed by atoms with van der Waals surface area (Å²) in [7, 11) is 0. The Hall–Kier alpha value is -5.03. The molecule has 5 heteroatoms. The lowest BCUT2D eigenvalue weighted by Gasteiger charge is -2.08. The molecule has 0 aliphatic carbocycles. The fourth-order valence-electron chi connectivity index (χ4n) is 4.74. The topological polar surface area (TPSA) is 70.2 Å². The first kappa shape index (κ1) is 20.4. The third-order valence-corrected chi connectivity index (χ3v) is 6.38. The fraction of sp³-hybridized carbons (Fsp3) is 0. The van der Waals surface area contributed by atoms with Gasteiger partial charge in [0.25, 0.3) is 0 Å². The van der Waals surface area contributed by atoms with Gasteiger partial charge in [0.15, 0.2) is 0 Å². The first-order valence-electron chi connectivity index (χ1n) is 11.9. The van der Waals surface area contributed by atoms with E-state index in [-0.39, 0.29) is 0 Å². The Morgan fingerprint density at radius 3 is 1.72 bits per heavy atom. The Bertz CT molecular complexity index is 1840. The molecular weight excluding hydrogens is 442 g/mol. The molecule has 2 aliphatic heterocycles. The van der Waals surface area contributed by atoms with Crippen molar-refractivity contribution in [2.24, 2.45) is 0 Å². The van der Waals surface area contributed by atoms with Crippen LogP contribution in [0, 0.1) is 0 Å². The van der Waals surface area contributed by atoms with Crippen LogP contribution in [0.25, 0.3) is 68.6 Å². The smallest absolute Gasteiger partial charge is 0.0658 e. The summed E-state index contributed by atoms with van der Waals surface area (Å²) in [5.74, 6) is 0. The quantitative estimate of drug-likeness (QED) is 0.281. The molecule has 36 heavy (non-hydrogen) atoms. The van der Waals surface area contributed by atoms with E-state index in [1.54, 1.807) is 0 Å². The van der Waals surface area contributed by atoms with Crippen LogP contribution in [-0.2, 0) is 0 Å². The average Bonchev–Trinajstić information content (AvgIpc) is 3.70. The molecular formula is C31H21N5. The Balaban J connectivity index is 1.53. The fourth-order valence-corrected chi connectivity index (χ4v) is 4.74. The maximum Gasteiger partial charge on any atom is 0.0658 e. The van der Waals surface area contributed by atoms with Gasteiger partial charge < -0.3 is 9.97 Å². The maximum absolute atomic E-state index is 4.84. The van der Waals surface area contributed by atoms with Crippen molar-refractivity contribution in [3.05, 3.63) is 114 Å². The standard InChI is InChI=1S/C31H21N5/c1-2-4-29(28(3-1)20-11-13-32-14-12-20)30-18-27-17-25-8-7-23(34-25)15-21-5-6-22(33-21)16-24-9-10-26(35-24)19-31(30)36-27/h1-19,33,36H. The van der Waals surface area contributed by atoms with Crippen molar-refractivity contribution in [3.63, 3.8) is 0 Å². The molecule has 7 rings (SSSR count). The normalized spacial score (nSPS) is 12.2. The van der Waals surface area contributed by atoms with Gasteiger partial charge in [-0.05, 0) is 95.6 Å². The Kier molecular flexibility index (Phi) is 4.71. The van der Waals surface area contributed by atoms with Gasteiger partial charge in [-0.15, -0.1) is 0 Å². The third kappa shape index (κ3) is 3.83. The van der Waals surface area contributed by atoms with E-state index in [4.69, 9.17) is 9.97 Å². The summed E-state index contributed by atoms with van der Waals surface area (Å²) < 4.78 is 0. The summed E-state index contributed by atoms with van der Waals surface area (Å²) in [5.41, 5.74) is 12.2. The lowest BCUT2D eigenvalue weighted by Crippen LogP contribution is -1.84. The second-order valence-corrected chi connectivity index (χ2v) is 8.87. The molecule has 5 nitrogen and oxygen atoms in total. The number of hydrogen-bond donors (Lipinski definition) is 2. The molecule has 0 radical (unpaired) electrons. The van der Waals surface area contributed by atoms with Gasteiger partial charge in [-0.3, -0.25) is 4.98 Å². The zero-order chi connectivity index (χ0) is 23.9. The lowest BCUT2D eigenvalue weighted by atomic mass is 9.95. The molecule has 4 aromatic heterocycles. The van der Waals surface area contributed by atoms with E-state index in [9.17, 15) is 0 Å². The molecule has 6 heterocycles. The molecule has 170 valence electrons. The summed E-state index contributed by atoms with van der Waals surface area (Å²) in [6.07, 6.45) is 11.8. The van der Waals surface area contributed by atoms with Gasteiger partial charge >= 0.3 is 0 Å². The van der Waals surface area contributed by atoms with Crippen LogP contribution in [-0.4, -0.2) is 24.9 Å². The second-order valence-electron chi connectivity index (χ2n) is 8.87. The van der Waals surface area contributed by atoms with Crippen LogP contribution in [0.1, 0.15) is 22.8 Å². The number of pyridine rings is 1. The number of aromatic amines is 2. The minimum absolute atomic E-state index is 0.899. The van der Waals surface area contributed by atoms with E-state index in [1.165, 1.54) is 0 Å².